The molecule has 1 aromatic carbocycles. The smallest absolute Gasteiger partial charge is 0.242 e. The molecule has 2 aliphatic heterocycles. The van der Waals surface area contributed by atoms with Crippen LogP contribution in [0.2, 0.25) is 0 Å². The Balaban J connectivity index is 1.46. The normalized spacial score (nSPS) is 27.0. The number of benzene rings is 1. The Labute approximate surface area is 212 Å². The molecule has 194 valence electrons. The van der Waals surface area contributed by atoms with E-state index in [0.29, 0.717) is 37.3 Å². The van der Waals surface area contributed by atoms with Gasteiger partial charge in [0.2, 0.25) is 11.8 Å². The van der Waals surface area contributed by atoms with Crippen LogP contribution in [0.25, 0.3) is 0 Å². The lowest BCUT2D eigenvalue weighted by Crippen LogP contribution is -2.54. The number of carbonyl (C=O) groups excluding carboxylic acids is 2. The van der Waals surface area contributed by atoms with E-state index >= 15 is 0 Å². The van der Waals surface area contributed by atoms with Gasteiger partial charge < -0.3 is 16.0 Å². The molecule has 2 amide bonds. The maximum absolute atomic E-state index is 13.9. The number of rotatable bonds is 9. The van der Waals surface area contributed by atoms with Crippen molar-refractivity contribution in [3.05, 3.63) is 35.9 Å². The van der Waals surface area contributed by atoms with Crippen LogP contribution in [0.15, 0.2) is 30.3 Å². The summed E-state index contributed by atoms with van der Waals surface area (Å²) in [5.74, 6) is 1.07. The summed E-state index contributed by atoms with van der Waals surface area (Å²) in [5, 5.41) is 3.25. The van der Waals surface area contributed by atoms with E-state index in [0.717, 1.165) is 32.4 Å². The van der Waals surface area contributed by atoms with E-state index in [-0.39, 0.29) is 23.9 Å². The number of nitrogens with two attached hydrogens (primary N) is 1. The van der Waals surface area contributed by atoms with Crippen molar-refractivity contribution >= 4 is 11.8 Å². The molecule has 0 bridgehead atoms. The van der Waals surface area contributed by atoms with Gasteiger partial charge in [-0.2, -0.15) is 0 Å². The van der Waals surface area contributed by atoms with Crippen LogP contribution in [0.3, 0.4) is 0 Å². The van der Waals surface area contributed by atoms with E-state index in [1.807, 2.05) is 4.90 Å². The quantitative estimate of drug-likeness (QED) is 0.562. The van der Waals surface area contributed by atoms with Gasteiger partial charge in [-0.05, 0) is 62.3 Å². The minimum atomic E-state index is -0.391. The Bertz CT molecular complexity index is 823. The summed E-state index contributed by atoms with van der Waals surface area (Å²) in [7, 11) is 0. The fourth-order valence-electron chi connectivity index (χ4n) is 6.47. The van der Waals surface area contributed by atoms with Gasteiger partial charge >= 0.3 is 0 Å². The predicted octanol–water partition coefficient (Wildman–Crippen LogP) is 3.73. The summed E-state index contributed by atoms with van der Waals surface area (Å²) in [6.07, 6.45) is 10.6. The van der Waals surface area contributed by atoms with Gasteiger partial charge in [0.25, 0.3) is 0 Å². The lowest BCUT2D eigenvalue weighted by atomic mass is 9.89. The van der Waals surface area contributed by atoms with Gasteiger partial charge in [0.15, 0.2) is 0 Å². The fourth-order valence-corrected chi connectivity index (χ4v) is 6.47. The molecule has 4 atom stereocenters. The average Bonchev–Trinajstić information content (AvgIpc) is 3.20. The highest BCUT2D eigenvalue weighted by molar-refractivity contribution is 5.90. The molecule has 2 saturated heterocycles. The molecular weight excluding hydrogens is 436 g/mol. The molecule has 1 aliphatic carbocycles. The molecule has 2 heterocycles. The monoisotopic (exact) mass is 482 g/mol. The third-order valence-corrected chi connectivity index (χ3v) is 8.38. The number of amides is 2. The molecule has 3 fully saturated rings. The van der Waals surface area contributed by atoms with Crippen LogP contribution in [0.4, 0.5) is 0 Å². The maximum atomic E-state index is 13.9. The van der Waals surface area contributed by atoms with Gasteiger partial charge in [0.05, 0.1) is 6.04 Å². The predicted molar refractivity (Wildman–Crippen MR) is 141 cm³/mol. The molecule has 1 aromatic rings. The van der Waals surface area contributed by atoms with E-state index in [9.17, 15) is 9.59 Å². The Kier molecular flexibility index (Phi) is 9.23. The molecular formula is C29H46N4O2. The number of nitrogens with zero attached hydrogens (tertiary/aromatic N) is 2. The Hall–Kier alpha value is -1.92. The lowest BCUT2D eigenvalue weighted by molar-refractivity contribution is -0.143. The highest BCUT2D eigenvalue weighted by Crippen LogP contribution is 2.31. The van der Waals surface area contributed by atoms with Crippen LogP contribution < -0.4 is 11.1 Å². The highest BCUT2D eigenvalue weighted by atomic mass is 16.2. The van der Waals surface area contributed by atoms with Gasteiger partial charge in [-0.3, -0.25) is 14.5 Å². The van der Waals surface area contributed by atoms with Gasteiger partial charge in [-0.15, -0.1) is 0 Å². The number of hydrogen-bond acceptors (Lipinski definition) is 4. The number of carbonyl (C=O) groups is 2. The van der Waals surface area contributed by atoms with Crippen molar-refractivity contribution in [1.29, 1.82) is 0 Å². The summed E-state index contributed by atoms with van der Waals surface area (Å²) >= 11 is 0. The van der Waals surface area contributed by atoms with Crippen molar-refractivity contribution in [2.24, 2.45) is 17.6 Å². The zero-order valence-electron chi connectivity index (χ0n) is 21.8. The third kappa shape index (κ3) is 6.85. The number of fused-ring (bicyclic) bond motifs is 1. The molecule has 35 heavy (non-hydrogen) atoms. The van der Waals surface area contributed by atoms with Crippen LogP contribution in [0, 0.1) is 11.8 Å². The van der Waals surface area contributed by atoms with Crippen LogP contribution >= 0.6 is 0 Å². The number of aryl methyl sites for hydroxylation is 1. The van der Waals surface area contributed by atoms with E-state index in [1.165, 1.54) is 37.7 Å². The van der Waals surface area contributed by atoms with Crippen molar-refractivity contribution in [2.45, 2.75) is 102 Å². The summed E-state index contributed by atoms with van der Waals surface area (Å²) in [5.41, 5.74) is 7.71. The second-order valence-electron chi connectivity index (χ2n) is 11.6. The molecule has 1 saturated carbocycles. The molecule has 6 heteroatoms. The van der Waals surface area contributed by atoms with Crippen molar-refractivity contribution in [1.82, 2.24) is 15.1 Å². The molecule has 6 nitrogen and oxygen atoms in total. The molecule has 0 aromatic heterocycles. The van der Waals surface area contributed by atoms with Crippen LogP contribution in [0.5, 0.6) is 0 Å². The molecule has 3 aliphatic rings. The Morgan fingerprint density at radius 3 is 2.57 bits per heavy atom. The number of nitrogens with one attached hydrogen (secondary N) is 1. The van der Waals surface area contributed by atoms with Gasteiger partial charge in [0, 0.05) is 31.7 Å². The lowest BCUT2D eigenvalue weighted by Gasteiger charge is -2.33. The minimum absolute atomic E-state index is 0.0202. The Morgan fingerprint density at radius 1 is 1.11 bits per heavy atom. The van der Waals surface area contributed by atoms with E-state index < -0.39 is 6.04 Å². The summed E-state index contributed by atoms with van der Waals surface area (Å²) < 4.78 is 0. The zero-order valence-corrected chi connectivity index (χ0v) is 21.8. The van der Waals surface area contributed by atoms with E-state index in [4.69, 9.17) is 5.73 Å². The summed E-state index contributed by atoms with van der Waals surface area (Å²) in [6, 6.07) is 10.3. The standard InChI is InChI=1S/C29H46N4O2/c1-21(2)17-26(28(34)31-19-23-11-7-4-8-12-23)32-16-15-25(14-13-22-9-5-3-6-10-22)33-20-24(30)18-27(33)29(32)35/h3,5-6,9-10,21,23-27H,4,7-8,11-20,30H2,1-2H3,(H,31,34)/t24-,25?,26-,27+/m1/s1. The summed E-state index contributed by atoms with van der Waals surface area (Å²) in [4.78, 5) is 31.6. The first-order valence-corrected chi connectivity index (χ1v) is 14.1. The van der Waals surface area contributed by atoms with Crippen molar-refractivity contribution in [3.8, 4) is 0 Å². The molecule has 0 radical (unpaired) electrons. The highest BCUT2D eigenvalue weighted by Gasteiger charge is 2.45. The third-order valence-electron chi connectivity index (χ3n) is 8.38. The molecule has 1 unspecified atom stereocenters. The fraction of sp³-hybridized carbons (Fsp3) is 0.724. The summed E-state index contributed by atoms with van der Waals surface area (Å²) in [6.45, 7) is 6.45. The van der Waals surface area contributed by atoms with Crippen LogP contribution in [-0.4, -0.2) is 65.4 Å². The Morgan fingerprint density at radius 2 is 1.86 bits per heavy atom. The number of hydrogen-bond donors (Lipinski definition) is 2. The first-order chi connectivity index (χ1) is 16.9. The minimum Gasteiger partial charge on any atom is -0.354 e. The van der Waals surface area contributed by atoms with Crippen molar-refractivity contribution in [2.75, 3.05) is 19.6 Å². The van der Waals surface area contributed by atoms with Crippen LogP contribution in [-0.2, 0) is 16.0 Å². The van der Waals surface area contributed by atoms with Crippen LogP contribution in [0.1, 0.15) is 77.2 Å². The average molecular weight is 483 g/mol. The molecule has 0 spiro atoms. The zero-order chi connectivity index (χ0) is 24.8. The maximum Gasteiger partial charge on any atom is 0.242 e. The SMILES string of the molecule is CC(C)C[C@H](C(=O)NCC1CCCCC1)N1CCC(CCc2ccccc2)N2C[C@H](N)C[C@H]2C1=O. The largest absolute Gasteiger partial charge is 0.354 e. The second kappa shape index (κ2) is 12.4. The van der Waals surface area contributed by atoms with E-state index in [1.54, 1.807) is 0 Å². The van der Waals surface area contributed by atoms with Gasteiger partial charge in [0.1, 0.15) is 6.04 Å². The first-order valence-electron chi connectivity index (χ1n) is 14.1. The molecule has 3 N–H and O–H groups in total. The van der Waals surface area contributed by atoms with Crippen molar-refractivity contribution in [3.63, 3.8) is 0 Å². The van der Waals surface area contributed by atoms with Gasteiger partial charge in [-0.25, -0.2) is 0 Å². The van der Waals surface area contributed by atoms with Crippen molar-refractivity contribution < 1.29 is 9.59 Å². The second-order valence-corrected chi connectivity index (χ2v) is 11.6. The molecule has 4 rings (SSSR count). The topological polar surface area (TPSA) is 78.7 Å². The first kappa shape index (κ1) is 26.2. The van der Waals surface area contributed by atoms with Gasteiger partial charge in [-0.1, -0.05) is 63.4 Å². The van der Waals surface area contributed by atoms with E-state index in [2.05, 4.69) is 54.4 Å².